The lowest BCUT2D eigenvalue weighted by Crippen LogP contribution is -2.50. The third-order valence-corrected chi connectivity index (χ3v) is 4.39. The predicted molar refractivity (Wildman–Crippen MR) is 75.9 cm³/mol. The van der Waals surface area contributed by atoms with Crippen molar-refractivity contribution in [3.8, 4) is 0 Å². The molecular weight excluding hydrogens is 260 g/mol. The number of pyridine rings is 1. The molecule has 0 aromatic carbocycles. The van der Waals surface area contributed by atoms with Crippen LogP contribution in [0.1, 0.15) is 26.2 Å². The van der Waals surface area contributed by atoms with Crippen LogP contribution in [-0.2, 0) is 4.79 Å². The predicted octanol–water partition coefficient (Wildman–Crippen LogP) is 1.84. The van der Waals surface area contributed by atoms with Crippen LogP contribution >= 0.6 is 11.8 Å². The van der Waals surface area contributed by atoms with Gasteiger partial charge in [-0.15, -0.1) is 11.8 Å². The second-order valence-electron chi connectivity index (χ2n) is 5.16. The molecule has 2 rings (SSSR count). The second kappa shape index (κ2) is 6.39. The highest BCUT2D eigenvalue weighted by Gasteiger charge is 2.41. The summed E-state index contributed by atoms with van der Waals surface area (Å²) in [5.41, 5.74) is -0.438. The van der Waals surface area contributed by atoms with Gasteiger partial charge in [0.15, 0.2) is 0 Å². The Morgan fingerprint density at radius 3 is 2.95 bits per heavy atom. The van der Waals surface area contributed by atoms with E-state index in [0.717, 1.165) is 17.9 Å². The summed E-state index contributed by atoms with van der Waals surface area (Å²) in [6, 6.07) is 5.75. The van der Waals surface area contributed by atoms with E-state index in [-0.39, 0.29) is 12.5 Å². The lowest BCUT2D eigenvalue weighted by molar-refractivity contribution is -0.123. The number of hydrogen-bond acceptors (Lipinski definition) is 4. The number of thioether (sulfide) groups is 1. The van der Waals surface area contributed by atoms with Gasteiger partial charge in [0.1, 0.15) is 0 Å². The standard InChI is InChI=1S/C14H20N2O2S/c1-14(10-17,11-5-6-11)16-12(18)7-9-19-13-4-2-3-8-15-13/h2-4,8,11,17H,5-7,9-10H2,1H3,(H,16,18). The first-order valence-electron chi connectivity index (χ1n) is 6.60. The summed E-state index contributed by atoms with van der Waals surface area (Å²) >= 11 is 1.57. The van der Waals surface area contributed by atoms with Crippen LogP contribution in [0.2, 0.25) is 0 Å². The van der Waals surface area contributed by atoms with Crippen LogP contribution in [0.25, 0.3) is 0 Å². The Hall–Kier alpha value is -1.07. The smallest absolute Gasteiger partial charge is 0.221 e. The minimum Gasteiger partial charge on any atom is -0.394 e. The number of aromatic nitrogens is 1. The molecule has 1 aromatic rings. The average molecular weight is 280 g/mol. The van der Waals surface area contributed by atoms with E-state index < -0.39 is 5.54 Å². The number of aliphatic hydroxyl groups excluding tert-OH is 1. The molecule has 104 valence electrons. The number of amides is 1. The van der Waals surface area contributed by atoms with Crippen LogP contribution in [0.5, 0.6) is 0 Å². The third kappa shape index (κ3) is 4.21. The van der Waals surface area contributed by atoms with Gasteiger partial charge in [-0.05, 0) is 37.8 Å². The first-order valence-corrected chi connectivity index (χ1v) is 7.58. The van der Waals surface area contributed by atoms with Crippen molar-refractivity contribution in [1.29, 1.82) is 0 Å². The SMILES string of the molecule is CC(CO)(NC(=O)CCSc1ccccn1)C1CC1. The van der Waals surface area contributed by atoms with E-state index in [1.165, 1.54) is 0 Å². The zero-order chi connectivity index (χ0) is 13.7. The summed E-state index contributed by atoms with van der Waals surface area (Å²) in [5, 5.41) is 13.3. The normalized spacial score (nSPS) is 17.8. The number of rotatable bonds is 7. The van der Waals surface area contributed by atoms with Gasteiger partial charge in [0, 0.05) is 18.4 Å². The summed E-state index contributed by atoms with van der Waals surface area (Å²) in [6.07, 6.45) is 4.39. The van der Waals surface area contributed by atoms with E-state index in [2.05, 4.69) is 10.3 Å². The lowest BCUT2D eigenvalue weighted by atomic mass is 9.97. The molecule has 1 amide bonds. The minimum atomic E-state index is -0.438. The molecule has 1 aliphatic rings. The Balaban J connectivity index is 1.72. The molecule has 1 atom stereocenters. The molecule has 1 heterocycles. The number of aliphatic hydroxyl groups is 1. The molecule has 0 bridgehead atoms. The zero-order valence-corrected chi connectivity index (χ0v) is 11.9. The van der Waals surface area contributed by atoms with Gasteiger partial charge in [0.2, 0.25) is 5.91 Å². The maximum atomic E-state index is 11.9. The molecule has 0 spiro atoms. The Bertz CT molecular complexity index is 423. The quantitative estimate of drug-likeness (QED) is 0.748. The largest absolute Gasteiger partial charge is 0.394 e. The highest BCUT2D eigenvalue weighted by molar-refractivity contribution is 7.99. The number of carbonyl (C=O) groups is 1. The molecule has 1 unspecified atom stereocenters. The summed E-state index contributed by atoms with van der Waals surface area (Å²) < 4.78 is 0. The summed E-state index contributed by atoms with van der Waals surface area (Å²) in [7, 11) is 0. The number of nitrogens with one attached hydrogen (secondary N) is 1. The van der Waals surface area contributed by atoms with Crippen LogP contribution in [0, 0.1) is 5.92 Å². The number of hydrogen-bond donors (Lipinski definition) is 2. The van der Waals surface area contributed by atoms with Gasteiger partial charge in [0.05, 0.1) is 17.2 Å². The maximum absolute atomic E-state index is 11.9. The average Bonchev–Trinajstić information content (AvgIpc) is 3.24. The monoisotopic (exact) mass is 280 g/mol. The third-order valence-electron chi connectivity index (χ3n) is 3.45. The van der Waals surface area contributed by atoms with Gasteiger partial charge in [0.25, 0.3) is 0 Å². The van der Waals surface area contributed by atoms with Gasteiger partial charge in [-0.1, -0.05) is 6.07 Å². The van der Waals surface area contributed by atoms with E-state index in [1.54, 1.807) is 18.0 Å². The van der Waals surface area contributed by atoms with Crippen molar-refractivity contribution < 1.29 is 9.90 Å². The maximum Gasteiger partial charge on any atom is 0.221 e. The second-order valence-corrected chi connectivity index (χ2v) is 6.28. The molecule has 0 saturated heterocycles. The van der Waals surface area contributed by atoms with E-state index in [4.69, 9.17) is 0 Å². The highest BCUT2D eigenvalue weighted by atomic mass is 32.2. The fourth-order valence-electron chi connectivity index (χ4n) is 2.05. The molecule has 2 N–H and O–H groups in total. The lowest BCUT2D eigenvalue weighted by Gasteiger charge is -2.28. The molecule has 1 aliphatic carbocycles. The van der Waals surface area contributed by atoms with Crippen molar-refractivity contribution in [1.82, 2.24) is 10.3 Å². The van der Waals surface area contributed by atoms with E-state index in [0.29, 0.717) is 18.1 Å². The van der Waals surface area contributed by atoms with Crippen molar-refractivity contribution in [3.63, 3.8) is 0 Å². The molecule has 1 saturated carbocycles. The van der Waals surface area contributed by atoms with Crippen molar-refractivity contribution >= 4 is 17.7 Å². The molecule has 5 heteroatoms. The Morgan fingerprint density at radius 2 is 2.37 bits per heavy atom. The Morgan fingerprint density at radius 1 is 1.58 bits per heavy atom. The van der Waals surface area contributed by atoms with Crippen LogP contribution in [0.4, 0.5) is 0 Å². The zero-order valence-electron chi connectivity index (χ0n) is 11.1. The topological polar surface area (TPSA) is 62.2 Å². The summed E-state index contributed by atoms with van der Waals surface area (Å²) in [5.74, 6) is 1.14. The molecule has 0 aliphatic heterocycles. The van der Waals surface area contributed by atoms with Crippen molar-refractivity contribution in [2.45, 2.75) is 36.8 Å². The number of carbonyl (C=O) groups excluding carboxylic acids is 1. The van der Waals surface area contributed by atoms with Crippen LogP contribution in [0.15, 0.2) is 29.4 Å². The molecule has 1 fully saturated rings. The van der Waals surface area contributed by atoms with Gasteiger partial charge < -0.3 is 10.4 Å². The Labute approximate surface area is 118 Å². The van der Waals surface area contributed by atoms with Crippen LogP contribution in [-0.4, -0.2) is 33.9 Å². The van der Waals surface area contributed by atoms with Crippen molar-refractivity contribution in [2.24, 2.45) is 5.92 Å². The Kier molecular flexibility index (Phi) is 4.82. The van der Waals surface area contributed by atoms with Gasteiger partial charge in [-0.25, -0.2) is 4.98 Å². The van der Waals surface area contributed by atoms with Gasteiger partial charge in [-0.3, -0.25) is 4.79 Å². The van der Waals surface area contributed by atoms with E-state index >= 15 is 0 Å². The minimum absolute atomic E-state index is 0.00637. The molecule has 1 aromatic heterocycles. The highest BCUT2D eigenvalue weighted by Crippen LogP contribution is 2.39. The fraction of sp³-hybridized carbons (Fsp3) is 0.571. The molecule has 19 heavy (non-hydrogen) atoms. The summed E-state index contributed by atoms with van der Waals surface area (Å²) in [4.78, 5) is 16.1. The van der Waals surface area contributed by atoms with Crippen molar-refractivity contribution in [2.75, 3.05) is 12.4 Å². The molecule has 4 nitrogen and oxygen atoms in total. The number of nitrogens with zero attached hydrogens (tertiary/aromatic N) is 1. The molecular formula is C14H20N2O2S. The van der Waals surface area contributed by atoms with Crippen LogP contribution < -0.4 is 5.32 Å². The van der Waals surface area contributed by atoms with E-state index in [1.807, 2.05) is 25.1 Å². The molecule has 0 radical (unpaired) electrons. The first kappa shape index (κ1) is 14.3. The van der Waals surface area contributed by atoms with Gasteiger partial charge >= 0.3 is 0 Å². The van der Waals surface area contributed by atoms with Gasteiger partial charge in [-0.2, -0.15) is 0 Å². The van der Waals surface area contributed by atoms with Crippen molar-refractivity contribution in [3.05, 3.63) is 24.4 Å². The first-order chi connectivity index (χ1) is 9.14. The summed E-state index contributed by atoms with van der Waals surface area (Å²) in [6.45, 7) is 1.94. The fourth-order valence-corrected chi connectivity index (χ4v) is 2.86. The van der Waals surface area contributed by atoms with Crippen LogP contribution in [0.3, 0.4) is 0 Å². The van der Waals surface area contributed by atoms with E-state index in [9.17, 15) is 9.90 Å².